The molecule has 0 aliphatic carbocycles. The Kier molecular flexibility index (Phi) is 4.60. The van der Waals surface area contributed by atoms with Crippen molar-refractivity contribution in [1.82, 2.24) is 4.90 Å². The lowest BCUT2D eigenvalue weighted by molar-refractivity contribution is -0.139. The van der Waals surface area contributed by atoms with Crippen LogP contribution in [0.15, 0.2) is 18.2 Å². The third-order valence-electron chi connectivity index (χ3n) is 4.23. The minimum atomic E-state index is -0.278. The summed E-state index contributed by atoms with van der Waals surface area (Å²) in [5, 5.41) is 0. The Morgan fingerprint density at radius 3 is 2.29 bits per heavy atom. The predicted molar refractivity (Wildman–Crippen MR) is 88.8 cm³/mol. The van der Waals surface area contributed by atoms with E-state index in [9.17, 15) is 4.79 Å². The van der Waals surface area contributed by atoms with Crippen molar-refractivity contribution in [3.63, 3.8) is 0 Å². The molecule has 1 saturated heterocycles. The lowest BCUT2D eigenvalue weighted by Crippen LogP contribution is -2.52. The highest BCUT2D eigenvalue weighted by atomic mass is 16.2. The largest absolute Gasteiger partial charge is 0.368 e. The van der Waals surface area contributed by atoms with Crippen LogP contribution in [-0.2, 0) is 11.2 Å². The second-order valence-corrected chi connectivity index (χ2v) is 6.97. The lowest BCUT2D eigenvalue weighted by atomic mass is 9.94. The van der Waals surface area contributed by atoms with Crippen LogP contribution in [-0.4, -0.2) is 37.0 Å². The van der Waals surface area contributed by atoms with E-state index in [1.54, 1.807) is 0 Å². The third-order valence-corrected chi connectivity index (χ3v) is 4.23. The quantitative estimate of drug-likeness (QED) is 0.834. The topological polar surface area (TPSA) is 23.6 Å². The molecule has 0 N–H and O–H groups in total. The van der Waals surface area contributed by atoms with E-state index < -0.39 is 0 Å². The fourth-order valence-corrected chi connectivity index (χ4v) is 3.07. The van der Waals surface area contributed by atoms with E-state index in [1.165, 1.54) is 16.8 Å². The van der Waals surface area contributed by atoms with Gasteiger partial charge in [-0.05, 0) is 24.5 Å². The smallest absolute Gasteiger partial charge is 0.228 e. The monoisotopic (exact) mass is 288 g/mol. The third kappa shape index (κ3) is 3.39. The number of nitrogens with zero attached hydrogens (tertiary/aromatic N) is 2. The van der Waals surface area contributed by atoms with Crippen LogP contribution in [0.5, 0.6) is 0 Å². The van der Waals surface area contributed by atoms with Gasteiger partial charge in [-0.1, -0.05) is 45.9 Å². The summed E-state index contributed by atoms with van der Waals surface area (Å²) in [5.41, 5.74) is 3.85. The molecule has 1 amide bonds. The number of carbonyl (C=O) groups excluding carboxylic acids is 1. The first-order valence-corrected chi connectivity index (χ1v) is 7.97. The summed E-state index contributed by atoms with van der Waals surface area (Å²) in [6.07, 6.45) is 1.05. The Hall–Kier alpha value is -1.51. The highest BCUT2D eigenvalue weighted by Gasteiger charge is 2.30. The van der Waals surface area contributed by atoms with E-state index >= 15 is 0 Å². The molecule has 1 heterocycles. The van der Waals surface area contributed by atoms with Gasteiger partial charge in [0.05, 0.1) is 0 Å². The van der Waals surface area contributed by atoms with Crippen molar-refractivity contribution in [2.75, 3.05) is 31.1 Å². The number of piperazine rings is 1. The number of hydrogen-bond donors (Lipinski definition) is 0. The summed E-state index contributed by atoms with van der Waals surface area (Å²) >= 11 is 0. The van der Waals surface area contributed by atoms with Gasteiger partial charge in [-0.3, -0.25) is 4.79 Å². The second kappa shape index (κ2) is 6.08. The average Bonchev–Trinajstić information content (AvgIpc) is 2.45. The van der Waals surface area contributed by atoms with Gasteiger partial charge >= 0.3 is 0 Å². The first-order valence-electron chi connectivity index (χ1n) is 7.97. The van der Waals surface area contributed by atoms with E-state index in [0.717, 1.165) is 32.6 Å². The highest BCUT2D eigenvalue weighted by Crippen LogP contribution is 2.27. The van der Waals surface area contributed by atoms with Crippen molar-refractivity contribution in [3.05, 3.63) is 29.3 Å². The van der Waals surface area contributed by atoms with Crippen molar-refractivity contribution in [3.8, 4) is 0 Å². The van der Waals surface area contributed by atoms with Crippen LogP contribution in [0.4, 0.5) is 5.69 Å². The number of amides is 1. The fraction of sp³-hybridized carbons (Fsp3) is 0.611. The van der Waals surface area contributed by atoms with Crippen molar-refractivity contribution in [2.45, 2.75) is 41.0 Å². The van der Waals surface area contributed by atoms with Gasteiger partial charge in [-0.2, -0.15) is 0 Å². The molecule has 0 spiro atoms. The molecule has 3 nitrogen and oxygen atoms in total. The molecule has 0 unspecified atom stereocenters. The first-order chi connectivity index (χ1) is 9.84. The van der Waals surface area contributed by atoms with Gasteiger partial charge in [-0.15, -0.1) is 0 Å². The zero-order valence-electron chi connectivity index (χ0n) is 14.1. The van der Waals surface area contributed by atoms with Crippen LogP contribution < -0.4 is 4.90 Å². The Bertz CT molecular complexity index is 508. The predicted octanol–water partition coefficient (Wildman–Crippen LogP) is 3.25. The molecule has 0 saturated carbocycles. The first kappa shape index (κ1) is 15.9. The molecule has 3 heteroatoms. The Balaban J connectivity index is 2.10. The number of para-hydroxylation sites is 1. The summed E-state index contributed by atoms with van der Waals surface area (Å²) in [6, 6.07) is 6.53. The maximum absolute atomic E-state index is 12.4. The molecule has 1 aliphatic heterocycles. The van der Waals surface area contributed by atoms with Crippen LogP contribution in [0.1, 0.15) is 38.8 Å². The van der Waals surface area contributed by atoms with E-state index in [-0.39, 0.29) is 11.3 Å². The molecule has 1 aliphatic rings. The van der Waals surface area contributed by atoms with E-state index in [2.05, 4.69) is 36.9 Å². The van der Waals surface area contributed by atoms with Gasteiger partial charge in [0.25, 0.3) is 0 Å². The highest BCUT2D eigenvalue weighted by molar-refractivity contribution is 5.81. The standard InChI is InChI=1S/C18H28N2O/c1-6-15-9-7-8-14(2)16(15)19-10-12-20(13-11-19)17(21)18(3,4)5/h7-9H,6,10-13H2,1-5H3. The molecule has 1 aromatic carbocycles. The van der Waals surface area contributed by atoms with Crippen molar-refractivity contribution in [1.29, 1.82) is 0 Å². The molecule has 2 rings (SSSR count). The molecule has 21 heavy (non-hydrogen) atoms. The molecular formula is C18H28N2O. The van der Waals surface area contributed by atoms with Crippen molar-refractivity contribution < 1.29 is 4.79 Å². The fourth-order valence-electron chi connectivity index (χ4n) is 3.07. The molecule has 116 valence electrons. The van der Waals surface area contributed by atoms with Crippen LogP contribution >= 0.6 is 0 Å². The zero-order chi connectivity index (χ0) is 15.6. The number of anilines is 1. The molecule has 0 bridgehead atoms. The van der Waals surface area contributed by atoms with Gasteiger partial charge in [-0.25, -0.2) is 0 Å². The van der Waals surface area contributed by atoms with Gasteiger partial charge in [0.2, 0.25) is 5.91 Å². The number of benzene rings is 1. The molecule has 1 aromatic rings. The summed E-state index contributed by atoms with van der Waals surface area (Å²) in [7, 11) is 0. The number of aryl methyl sites for hydroxylation is 2. The Morgan fingerprint density at radius 1 is 1.14 bits per heavy atom. The SMILES string of the molecule is CCc1cccc(C)c1N1CCN(C(=O)C(C)(C)C)CC1. The van der Waals surface area contributed by atoms with Gasteiger partial charge in [0.15, 0.2) is 0 Å². The summed E-state index contributed by atoms with van der Waals surface area (Å²) in [6.45, 7) is 13.9. The summed E-state index contributed by atoms with van der Waals surface area (Å²) in [4.78, 5) is 16.8. The van der Waals surface area contributed by atoms with Crippen LogP contribution in [0.25, 0.3) is 0 Å². The van der Waals surface area contributed by atoms with Crippen LogP contribution in [0.3, 0.4) is 0 Å². The molecular weight excluding hydrogens is 260 g/mol. The van der Waals surface area contributed by atoms with Gasteiger partial charge in [0, 0.05) is 37.3 Å². The minimum absolute atomic E-state index is 0.266. The van der Waals surface area contributed by atoms with Crippen molar-refractivity contribution in [2.24, 2.45) is 5.41 Å². The van der Waals surface area contributed by atoms with E-state index in [4.69, 9.17) is 0 Å². The van der Waals surface area contributed by atoms with Crippen LogP contribution in [0.2, 0.25) is 0 Å². The van der Waals surface area contributed by atoms with Gasteiger partial charge < -0.3 is 9.80 Å². The number of hydrogen-bond acceptors (Lipinski definition) is 2. The molecule has 0 radical (unpaired) electrons. The van der Waals surface area contributed by atoms with Gasteiger partial charge in [0.1, 0.15) is 0 Å². The molecule has 1 fully saturated rings. The minimum Gasteiger partial charge on any atom is -0.368 e. The zero-order valence-corrected chi connectivity index (χ0v) is 14.1. The maximum Gasteiger partial charge on any atom is 0.228 e. The normalized spacial score (nSPS) is 16.2. The number of rotatable bonds is 2. The van der Waals surface area contributed by atoms with E-state index in [0.29, 0.717) is 0 Å². The molecule has 0 aromatic heterocycles. The Labute approximate surface area is 128 Å². The van der Waals surface area contributed by atoms with E-state index in [1.807, 2.05) is 25.7 Å². The second-order valence-electron chi connectivity index (χ2n) is 6.97. The maximum atomic E-state index is 12.4. The number of carbonyl (C=O) groups is 1. The molecule has 0 atom stereocenters. The summed E-state index contributed by atoms with van der Waals surface area (Å²) < 4.78 is 0. The summed E-state index contributed by atoms with van der Waals surface area (Å²) in [5.74, 6) is 0.266. The van der Waals surface area contributed by atoms with Crippen LogP contribution in [0, 0.1) is 12.3 Å². The Morgan fingerprint density at radius 2 is 1.76 bits per heavy atom. The average molecular weight is 288 g/mol. The van der Waals surface area contributed by atoms with Crippen molar-refractivity contribution >= 4 is 11.6 Å². The lowest BCUT2D eigenvalue weighted by Gasteiger charge is -2.40.